The highest BCUT2D eigenvalue weighted by atomic mass is 32.1. The lowest BCUT2D eigenvalue weighted by atomic mass is 10.1. The molecule has 0 bridgehead atoms. The standard InChI is InChI=1S/C24H28N2O3S/c1-5-18(3)26(24(27)19-10-8-11-21(13-19)28-4)14-20-16-30-23(25-20)15-29-22-12-7-6-9-17(22)2/h6-13,16,18H,5,14-15H2,1-4H3/t18-/m1/s1. The van der Waals surface area contributed by atoms with Crippen molar-refractivity contribution < 1.29 is 14.3 Å². The summed E-state index contributed by atoms with van der Waals surface area (Å²) in [7, 11) is 1.60. The number of rotatable bonds is 9. The van der Waals surface area contributed by atoms with Gasteiger partial charge in [-0.15, -0.1) is 11.3 Å². The lowest BCUT2D eigenvalue weighted by Crippen LogP contribution is -2.37. The Bertz CT molecular complexity index is 986. The fourth-order valence-corrected chi connectivity index (χ4v) is 3.79. The van der Waals surface area contributed by atoms with E-state index < -0.39 is 0 Å². The van der Waals surface area contributed by atoms with Crippen molar-refractivity contribution in [2.45, 2.75) is 46.4 Å². The Labute approximate surface area is 182 Å². The molecule has 1 amide bonds. The van der Waals surface area contributed by atoms with E-state index in [9.17, 15) is 4.79 Å². The second-order valence-electron chi connectivity index (χ2n) is 7.21. The number of para-hydroxylation sites is 1. The number of thiazole rings is 1. The van der Waals surface area contributed by atoms with Gasteiger partial charge >= 0.3 is 0 Å². The van der Waals surface area contributed by atoms with Crippen LogP contribution in [0.25, 0.3) is 0 Å². The summed E-state index contributed by atoms with van der Waals surface area (Å²) in [4.78, 5) is 19.8. The van der Waals surface area contributed by atoms with E-state index in [4.69, 9.17) is 14.5 Å². The molecule has 0 fully saturated rings. The molecular weight excluding hydrogens is 396 g/mol. The molecular formula is C24H28N2O3S. The van der Waals surface area contributed by atoms with Gasteiger partial charge in [0, 0.05) is 17.0 Å². The Kier molecular flexibility index (Phi) is 7.46. The number of carbonyl (C=O) groups is 1. The Morgan fingerprint density at radius 1 is 1.20 bits per heavy atom. The number of ether oxygens (including phenoxy) is 2. The number of amides is 1. The molecule has 2 aromatic carbocycles. The van der Waals surface area contributed by atoms with Crippen LogP contribution in [-0.4, -0.2) is 28.9 Å². The van der Waals surface area contributed by atoms with Crippen molar-refractivity contribution in [1.82, 2.24) is 9.88 Å². The highest BCUT2D eigenvalue weighted by Gasteiger charge is 2.22. The van der Waals surface area contributed by atoms with Gasteiger partial charge in [0.05, 0.1) is 19.3 Å². The summed E-state index contributed by atoms with van der Waals surface area (Å²) < 4.78 is 11.2. The number of hydrogen-bond donors (Lipinski definition) is 0. The minimum absolute atomic E-state index is 0.0195. The second kappa shape index (κ2) is 10.3. The third kappa shape index (κ3) is 5.39. The lowest BCUT2D eigenvalue weighted by molar-refractivity contribution is 0.0668. The Morgan fingerprint density at radius 2 is 2.00 bits per heavy atom. The first-order chi connectivity index (χ1) is 14.5. The summed E-state index contributed by atoms with van der Waals surface area (Å²) >= 11 is 1.56. The number of aromatic nitrogens is 1. The molecule has 0 N–H and O–H groups in total. The van der Waals surface area contributed by atoms with E-state index in [0.29, 0.717) is 24.5 Å². The van der Waals surface area contributed by atoms with Crippen LogP contribution in [0, 0.1) is 6.92 Å². The number of aryl methyl sites for hydroxylation is 1. The van der Waals surface area contributed by atoms with Gasteiger partial charge in [0.1, 0.15) is 23.1 Å². The molecule has 1 atom stereocenters. The molecule has 0 radical (unpaired) electrons. The van der Waals surface area contributed by atoms with E-state index in [0.717, 1.165) is 28.4 Å². The second-order valence-corrected chi connectivity index (χ2v) is 8.15. The molecule has 30 heavy (non-hydrogen) atoms. The molecule has 0 aliphatic carbocycles. The maximum absolute atomic E-state index is 13.2. The predicted octanol–water partition coefficient (Wildman–Crippen LogP) is 5.48. The Balaban J connectivity index is 1.71. The third-order valence-electron chi connectivity index (χ3n) is 5.08. The van der Waals surface area contributed by atoms with E-state index >= 15 is 0 Å². The predicted molar refractivity (Wildman–Crippen MR) is 120 cm³/mol. The third-order valence-corrected chi connectivity index (χ3v) is 5.95. The van der Waals surface area contributed by atoms with E-state index in [1.54, 1.807) is 24.5 Å². The topological polar surface area (TPSA) is 51.7 Å². The number of benzene rings is 2. The number of nitrogens with zero attached hydrogens (tertiary/aromatic N) is 2. The monoisotopic (exact) mass is 424 g/mol. The van der Waals surface area contributed by atoms with Crippen molar-refractivity contribution in [2.75, 3.05) is 7.11 Å². The molecule has 6 heteroatoms. The van der Waals surface area contributed by atoms with Crippen molar-refractivity contribution in [3.05, 3.63) is 75.7 Å². The number of methoxy groups -OCH3 is 1. The van der Waals surface area contributed by atoms with Gasteiger partial charge in [0.25, 0.3) is 5.91 Å². The van der Waals surface area contributed by atoms with Crippen LogP contribution in [0.1, 0.15) is 46.9 Å². The zero-order valence-corrected chi connectivity index (χ0v) is 18.7. The molecule has 158 valence electrons. The molecule has 0 spiro atoms. The summed E-state index contributed by atoms with van der Waals surface area (Å²) in [5.74, 6) is 1.52. The summed E-state index contributed by atoms with van der Waals surface area (Å²) in [6.07, 6.45) is 0.864. The normalized spacial score (nSPS) is 11.7. The SMILES string of the molecule is CC[C@@H](C)N(Cc1csc(COc2ccccc2C)n1)C(=O)c1cccc(OC)c1. The molecule has 0 aliphatic rings. The number of carbonyl (C=O) groups excluding carboxylic acids is 1. The number of hydrogen-bond acceptors (Lipinski definition) is 5. The maximum Gasteiger partial charge on any atom is 0.254 e. The minimum Gasteiger partial charge on any atom is -0.497 e. The molecule has 0 saturated carbocycles. The molecule has 1 aromatic heterocycles. The summed E-state index contributed by atoms with van der Waals surface area (Å²) in [5.41, 5.74) is 2.59. The van der Waals surface area contributed by atoms with Crippen LogP contribution in [0.3, 0.4) is 0 Å². The van der Waals surface area contributed by atoms with Crippen molar-refractivity contribution in [1.29, 1.82) is 0 Å². The van der Waals surface area contributed by atoms with Gasteiger partial charge in [-0.3, -0.25) is 4.79 Å². The van der Waals surface area contributed by atoms with Gasteiger partial charge in [-0.1, -0.05) is 31.2 Å². The first-order valence-electron chi connectivity index (χ1n) is 10.1. The molecule has 1 heterocycles. The lowest BCUT2D eigenvalue weighted by Gasteiger charge is -2.28. The fourth-order valence-electron chi connectivity index (χ4n) is 3.09. The molecule has 3 aromatic rings. The summed E-state index contributed by atoms with van der Waals surface area (Å²) in [6, 6.07) is 15.3. The van der Waals surface area contributed by atoms with Crippen LogP contribution >= 0.6 is 11.3 Å². The van der Waals surface area contributed by atoms with E-state index in [2.05, 4.69) is 13.8 Å². The minimum atomic E-state index is -0.0195. The van der Waals surface area contributed by atoms with Crippen LogP contribution in [0.15, 0.2) is 53.9 Å². The first kappa shape index (κ1) is 21.8. The summed E-state index contributed by atoms with van der Waals surface area (Å²) in [5, 5.41) is 2.90. The first-order valence-corrected chi connectivity index (χ1v) is 11.0. The Hall–Kier alpha value is -2.86. The quantitative estimate of drug-likeness (QED) is 0.456. The van der Waals surface area contributed by atoms with Gasteiger partial charge in [0.15, 0.2) is 0 Å². The van der Waals surface area contributed by atoms with Crippen LogP contribution in [-0.2, 0) is 13.2 Å². The van der Waals surface area contributed by atoms with Gasteiger partial charge in [-0.05, 0) is 50.1 Å². The van der Waals surface area contributed by atoms with Crippen LogP contribution < -0.4 is 9.47 Å². The fraction of sp³-hybridized carbons (Fsp3) is 0.333. The summed E-state index contributed by atoms with van der Waals surface area (Å²) in [6.45, 7) is 7.05. The van der Waals surface area contributed by atoms with Crippen molar-refractivity contribution >= 4 is 17.2 Å². The van der Waals surface area contributed by atoms with Crippen molar-refractivity contribution in [3.8, 4) is 11.5 Å². The molecule has 5 nitrogen and oxygen atoms in total. The average molecular weight is 425 g/mol. The van der Waals surface area contributed by atoms with Crippen LogP contribution in [0.5, 0.6) is 11.5 Å². The van der Waals surface area contributed by atoms with Gasteiger partial charge < -0.3 is 14.4 Å². The average Bonchev–Trinajstić information content (AvgIpc) is 3.23. The smallest absolute Gasteiger partial charge is 0.254 e. The van der Waals surface area contributed by atoms with E-state index in [-0.39, 0.29) is 11.9 Å². The Morgan fingerprint density at radius 3 is 2.73 bits per heavy atom. The molecule has 0 aliphatic heterocycles. The molecule has 0 unspecified atom stereocenters. The zero-order valence-electron chi connectivity index (χ0n) is 17.9. The van der Waals surface area contributed by atoms with Crippen molar-refractivity contribution in [2.24, 2.45) is 0 Å². The van der Waals surface area contributed by atoms with Gasteiger partial charge in [-0.2, -0.15) is 0 Å². The molecule has 0 saturated heterocycles. The van der Waals surface area contributed by atoms with Crippen LogP contribution in [0.4, 0.5) is 0 Å². The zero-order chi connectivity index (χ0) is 21.5. The highest BCUT2D eigenvalue weighted by molar-refractivity contribution is 7.09. The van der Waals surface area contributed by atoms with Gasteiger partial charge in [0.2, 0.25) is 0 Å². The highest BCUT2D eigenvalue weighted by Crippen LogP contribution is 2.22. The van der Waals surface area contributed by atoms with Gasteiger partial charge in [-0.25, -0.2) is 4.98 Å². The van der Waals surface area contributed by atoms with E-state index in [1.807, 2.05) is 59.7 Å². The maximum atomic E-state index is 13.2. The molecule has 3 rings (SSSR count). The van der Waals surface area contributed by atoms with E-state index in [1.165, 1.54) is 0 Å². The largest absolute Gasteiger partial charge is 0.497 e. The van der Waals surface area contributed by atoms with Crippen LogP contribution in [0.2, 0.25) is 0 Å². The van der Waals surface area contributed by atoms with Crippen molar-refractivity contribution in [3.63, 3.8) is 0 Å².